The van der Waals surface area contributed by atoms with E-state index < -0.39 is 40.7 Å². The Morgan fingerprint density at radius 3 is 2.62 bits per heavy atom. The van der Waals surface area contributed by atoms with E-state index in [1.165, 1.54) is 30.0 Å². The van der Waals surface area contributed by atoms with Gasteiger partial charge >= 0.3 is 6.18 Å². The highest BCUT2D eigenvalue weighted by Gasteiger charge is 2.70. The molecule has 4 N–H and O–H groups in total. The second-order valence-electron chi connectivity index (χ2n) is 9.27. The summed E-state index contributed by atoms with van der Waals surface area (Å²) in [4.78, 5) is 37.5. The van der Waals surface area contributed by atoms with Gasteiger partial charge in [-0.05, 0) is 45.4 Å². The fraction of sp³-hybridized carbons (Fsp3) is 0.435. The molecule has 2 aromatic rings. The quantitative estimate of drug-likeness (QED) is 0.459. The second-order valence-corrected chi connectivity index (χ2v) is 10.6. The van der Waals surface area contributed by atoms with Crippen LogP contribution in [0.4, 0.5) is 23.2 Å². The van der Waals surface area contributed by atoms with Crippen molar-refractivity contribution in [1.82, 2.24) is 15.3 Å². The third kappa shape index (κ3) is 5.48. The molecule has 0 unspecified atom stereocenters. The first-order valence-corrected chi connectivity index (χ1v) is 12.0. The lowest BCUT2D eigenvalue weighted by Crippen LogP contribution is -2.46. The van der Waals surface area contributed by atoms with Crippen LogP contribution in [0, 0.1) is 11.7 Å². The van der Waals surface area contributed by atoms with Crippen molar-refractivity contribution in [3.8, 4) is 5.88 Å². The van der Waals surface area contributed by atoms with Gasteiger partial charge < -0.3 is 21.1 Å². The molecule has 4 rings (SSSR count). The number of halogens is 4. The monoisotopic (exact) mass is 540 g/mol. The van der Waals surface area contributed by atoms with Gasteiger partial charge in [-0.15, -0.1) is 0 Å². The predicted molar refractivity (Wildman–Crippen MR) is 129 cm³/mol. The Hall–Kier alpha value is -3.42. The van der Waals surface area contributed by atoms with E-state index in [0.717, 1.165) is 12.4 Å². The number of nitrogens with one attached hydrogen (secondary N) is 2. The van der Waals surface area contributed by atoms with Gasteiger partial charge in [0.05, 0.1) is 17.9 Å². The van der Waals surface area contributed by atoms with Gasteiger partial charge in [-0.3, -0.25) is 14.6 Å². The lowest BCUT2D eigenvalue weighted by molar-refractivity contribution is -0.154. The molecule has 1 aliphatic heterocycles. The number of hydrogen-bond acceptors (Lipinski definition) is 8. The molecule has 1 aromatic heterocycles. The standard InChI is InChI=1S/C23H24F4N6O3S/c1-11(2)31-19(35)22-7-16(22)21(3,33-20(28)37-22)13-6-12(4-5-14(13)24)32-18(34)15-8-30-17(9-29-15)36-10-23(25,26)27/h4-6,8-9,11,16H,7,10H2,1-3H3,(H2,28,33)(H,31,35)(H,32,34)/t16-,21+,22-/m0/s1. The summed E-state index contributed by atoms with van der Waals surface area (Å²) in [5, 5.41) is 5.62. The molecule has 2 aliphatic rings. The fourth-order valence-electron chi connectivity index (χ4n) is 4.31. The van der Waals surface area contributed by atoms with Gasteiger partial charge in [0, 0.05) is 23.2 Å². The molecule has 1 aliphatic carbocycles. The molecule has 2 heterocycles. The van der Waals surface area contributed by atoms with Crippen molar-refractivity contribution in [3.63, 3.8) is 0 Å². The highest BCUT2D eigenvalue weighted by molar-refractivity contribution is 8.15. The maximum Gasteiger partial charge on any atom is 0.422 e. The third-order valence-corrected chi connectivity index (χ3v) is 7.34. The highest BCUT2D eigenvalue weighted by Crippen LogP contribution is 2.66. The Morgan fingerprint density at radius 1 is 1.27 bits per heavy atom. The Balaban J connectivity index is 1.53. The van der Waals surface area contributed by atoms with E-state index in [2.05, 4.69) is 30.3 Å². The number of benzene rings is 1. The Bertz CT molecular complexity index is 1260. The predicted octanol–water partition coefficient (Wildman–Crippen LogP) is 3.37. The minimum Gasteiger partial charge on any atom is -0.467 e. The molecule has 9 nitrogen and oxygen atoms in total. The van der Waals surface area contributed by atoms with Gasteiger partial charge in [0.2, 0.25) is 11.8 Å². The maximum absolute atomic E-state index is 15.1. The average molecular weight is 541 g/mol. The van der Waals surface area contributed by atoms with Crippen molar-refractivity contribution < 1.29 is 31.9 Å². The summed E-state index contributed by atoms with van der Waals surface area (Å²) in [7, 11) is 0. The topological polar surface area (TPSA) is 132 Å². The molecule has 3 atom stereocenters. The number of ether oxygens (including phenoxy) is 1. The Morgan fingerprint density at radius 2 is 2.00 bits per heavy atom. The largest absolute Gasteiger partial charge is 0.467 e. The molecule has 1 aromatic carbocycles. The number of carbonyl (C=O) groups excluding carboxylic acids is 2. The van der Waals surface area contributed by atoms with Crippen LogP contribution >= 0.6 is 11.8 Å². The number of hydrogen-bond donors (Lipinski definition) is 3. The number of amides is 2. The summed E-state index contributed by atoms with van der Waals surface area (Å²) in [6, 6.07) is 3.84. The molecule has 0 spiro atoms. The molecule has 198 valence electrons. The van der Waals surface area contributed by atoms with Gasteiger partial charge in [-0.2, -0.15) is 13.2 Å². The number of thioether (sulfide) groups is 1. The molecule has 1 fully saturated rings. The molecule has 0 radical (unpaired) electrons. The first-order chi connectivity index (χ1) is 17.2. The molecule has 0 bridgehead atoms. The summed E-state index contributed by atoms with van der Waals surface area (Å²) >= 11 is 1.17. The van der Waals surface area contributed by atoms with Crippen molar-refractivity contribution in [2.75, 3.05) is 11.9 Å². The number of nitrogens with two attached hydrogens (primary N) is 1. The van der Waals surface area contributed by atoms with Crippen molar-refractivity contribution in [1.29, 1.82) is 0 Å². The molecule has 37 heavy (non-hydrogen) atoms. The van der Waals surface area contributed by atoms with Crippen LogP contribution in [0.1, 0.15) is 43.2 Å². The second kappa shape index (κ2) is 9.47. The molecule has 0 saturated heterocycles. The molecule has 14 heteroatoms. The van der Waals surface area contributed by atoms with E-state index in [4.69, 9.17) is 5.73 Å². The number of amidine groups is 1. The van der Waals surface area contributed by atoms with Crippen LogP contribution in [0.3, 0.4) is 0 Å². The van der Waals surface area contributed by atoms with Crippen LogP contribution < -0.4 is 21.1 Å². The first-order valence-electron chi connectivity index (χ1n) is 11.2. The molecular weight excluding hydrogens is 516 g/mol. The van der Waals surface area contributed by atoms with E-state index in [1.54, 1.807) is 6.92 Å². The fourth-order valence-corrected chi connectivity index (χ4v) is 5.69. The summed E-state index contributed by atoms with van der Waals surface area (Å²) in [6.07, 6.45) is -2.24. The van der Waals surface area contributed by atoms with Crippen LogP contribution in [0.5, 0.6) is 5.88 Å². The number of fused-ring (bicyclic) bond motifs is 1. The number of carbonyl (C=O) groups is 2. The summed E-state index contributed by atoms with van der Waals surface area (Å²) in [5.74, 6) is -2.22. The minimum atomic E-state index is -4.54. The van der Waals surface area contributed by atoms with Gasteiger partial charge in [0.1, 0.15) is 16.3 Å². The van der Waals surface area contributed by atoms with Crippen LogP contribution in [0.15, 0.2) is 35.6 Å². The smallest absolute Gasteiger partial charge is 0.422 e. The first kappa shape index (κ1) is 26.6. The van der Waals surface area contributed by atoms with Crippen LogP contribution in [0.25, 0.3) is 0 Å². The van der Waals surface area contributed by atoms with Crippen LogP contribution in [0.2, 0.25) is 0 Å². The number of nitrogens with zero attached hydrogens (tertiary/aromatic N) is 3. The SMILES string of the molecule is CC(C)NC(=O)[C@]12C[C@H]1[C@@](C)(c1cc(NC(=O)c3cnc(OCC(F)(F)F)cn3)ccc1F)N=C(N)S2. The Kier molecular flexibility index (Phi) is 6.82. The molecule has 2 amide bonds. The van der Waals surface area contributed by atoms with Gasteiger partial charge in [0.25, 0.3) is 5.91 Å². The summed E-state index contributed by atoms with van der Waals surface area (Å²) < 4.78 is 55.5. The summed E-state index contributed by atoms with van der Waals surface area (Å²) in [5.41, 5.74) is 5.08. The lowest BCUT2D eigenvalue weighted by atomic mass is 9.85. The zero-order valence-electron chi connectivity index (χ0n) is 20.0. The van der Waals surface area contributed by atoms with E-state index in [0.29, 0.717) is 6.42 Å². The molecule has 1 saturated carbocycles. The van der Waals surface area contributed by atoms with Crippen molar-refractivity contribution in [2.45, 2.75) is 49.7 Å². The van der Waals surface area contributed by atoms with Crippen molar-refractivity contribution >= 4 is 34.4 Å². The number of aromatic nitrogens is 2. The van der Waals surface area contributed by atoms with E-state index in [9.17, 15) is 22.8 Å². The maximum atomic E-state index is 15.1. The van der Waals surface area contributed by atoms with Gasteiger partial charge in [-0.1, -0.05) is 11.8 Å². The number of anilines is 1. The number of rotatable bonds is 7. The van der Waals surface area contributed by atoms with Gasteiger partial charge in [-0.25, -0.2) is 14.4 Å². The normalized spacial score (nSPS) is 24.6. The van der Waals surface area contributed by atoms with Crippen LogP contribution in [-0.2, 0) is 10.3 Å². The third-order valence-electron chi connectivity index (χ3n) is 6.04. The number of aliphatic imine (C=N–C) groups is 1. The average Bonchev–Trinajstić information content (AvgIpc) is 3.55. The van der Waals surface area contributed by atoms with Crippen molar-refractivity contribution in [3.05, 3.63) is 47.7 Å². The van der Waals surface area contributed by atoms with E-state index in [1.807, 2.05) is 13.8 Å². The zero-order valence-corrected chi connectivity index (χ0v) is 20.8. The molecular formula is C23H24F4N6O3S. The van der Waals surface area contributed by atoms with E-state index >= 15 is 4.39 Å². The number of alkyl halides is 3. The van der Waals surface area contributed by atoms with E-state index in [-0.39, 0.29) is 40.0 Å². The Labute approximate surface area is 213 Å². The van der Waals surface area contributed by atoms with Crippen molar-refractivity contribution in [2.24, 2.45) is 16.6 Å². The van der Waals surface area contributed by atoms with Crippen LogP contribution in [-0.4, -0.2) is 50.5 Å². The minimum absolute atomic E-state index is 0.0845. The van der Waals surface area contributed by atoms with Gasteiger partial charge in [0.15, 0.2) is 11.8 Å². The zero-order chi connectivity index (χ0) is 27.2. The lowest BCUT2D eigenvalue weighted by Gasteiger charge is -2.34. The summed E-state index contributed by atoms with van der Waals surface area (Å²) in [6.45, 7) is 3.84. The highest BCUT2D eigenvalue weighted by atomic mass is 32.2.